The lowest BCUT2D eigenvalue weighted by molar-refractivity contribution is 0.590. The van der Waals surface area contributed by atoms with Crippen molar-refractivity contribution in [2.45, 2.75) is 64.7 Å². The van der Waals surface area contributed by atoms with Gasteiger partial charge in [0.1, 0.15) is 0 Å². The van der Waals surface area contributed by atoms with Gasteiger partial charge < -0.3 is 4.90 Å². The zero-order valence-electron chi connectivity index (χ0n) is 37.4. The van der Waals surface area contributed by atoms with Crippen LogP contribution in [0.3, 0.4) is 0 Å². The smallest absolute Gasteiger partial charge is 0.0546 e. The van der Waals surface area contributed by atoms with Crippen molar-refractivity contribution in [3.05, 3.63) is 222 Å². The SMILES string of the molecule is CC(C)(C)c1ccc(N(c2ccc3c(c2)-c2ccccc2C3(C)C)c2ccc3ccccc3c2-c2ccccc2-c2cccc3c2-c2ccccc2C3(C)C)c(-c2ccccc2)c1. The summed E-state index contributed by atoms with van der Waals surface area (Å²) in [6.45, 7) is 16.4. The summed E-state index contributed by atoms with van der Waals surface area (Å²) in [6, 6.07) is 73.1. The molecule has 306 valence electrons. The Morgan fingerprint density at radius 3 is 1.70 bits per heavy atom. The minimum absolute atomic E-state index is 0.0358. The molecular formula is C62H53N. The van der Waals surface area contributed by atoms with Crippen molar-refractivity contribution >= 4 is 27.8 Å². The first-order chi connectivity index (χ1) is 30.4. The molecule has 0 saturated carbocycles. The van der Waals surface area contributed by atoms with Crippen LogP contribution in [-0.4, -0.2) is 0 Å². The van der Waals surface area contributed by atoms with E-state index in [0.29, 0.717) is 0 Å². The van der Waals surface area contributed by atoms with Gasteiger partial charge in [0.25, 0.3) is 0 Å². The molecule has 63 heavy (non-hydrogen) atoms. The summed E-state index contributed by atoms with van der Waals surface area (Å²) in [7, 11) is 0. The zero-order chi connectivity index (χ0) is 43.3. The maximum atomic E-state index is 2.56. The molecule has 0 N–H and O–H groups in total. The Morgan fingerprint density at radius 2 is 0.937 bits per heavy atom. The van der Waals surface area contributed by atoms with Crippen molar-refractivity contribution in [2.24, 2.45) is 0 Å². The first-order valence-electron chi connectivity index (χ1n) is 22.5. The Morgan fingerprint density at radius 1 is 0.365 bits per heavy atom. The molecule has 11 rings (SSSR count). The van der Waals surface area contributed by atoms with Crippen LogP contribution < -0.4 is 4.90 Å². The van der Waals surface area contributed by atoms with Gasteiger partial charge in [0, 0.05) is 27.6 Å². The largest absolute Gasteiger partial charge is 0.309 e. The summed E-state index contributed by atoms with van der Waals surface area (Å²) in [5.74, 6) is 0. The van der Waals surface area contributed by atoms with E-state index < -0.39 is 0 Å². The van der Waals surface area contributed by atoms with Crippen molar-refractivity contribution in [3.8, 4) is 55.6 Å². The molecule has 2 aliphatic carbocycles. The van der Waals surface area contributed by atoms with Crippen LogP contribution in [0.15, 0.2) is 194 Å². The summed E-state index contributed by atoms with van der Waals surface area (Å²) < 4.78 is 0. The van der Waals surface area contributed by atoms with Crippen LogP contribution in [0.25, 0.3) is 66.4 Å². The maximum Gasteiger partial charge on any atom is 0.0546 e. The van der Waals surface area contributed by atoms with Crippen molar-refractivity contribution in [2.75, 3.05) is 4.90 Å². The molecule has 2 aliphatic rings. The Kier molecular flexibility index (Phi) is 8.83. The Bertz CT molecular complexity index is 3260. The second-order valence-electron chi connectivity index (χ2n) is 19.7. The fourth-order valence-corrected chi connectivity index (χ4v) is 10.9. The lowest BCUT2D eigenvalue weighted by atomic mass is 9.81. The van der Waals surface area contributed by atoms with Crippen LogP contribution in [0.2, 0.25) is 0 Å². The molecule has 0 fully saturated rings. The van der Waals surface area contributed by atoms with Crippen LogP contribution in [0.4, 0.5) is 17.1 Å². The van der Waals surface area contributed by atoms with E-state index in [1.165, 1.54) is 94.2 Å². The molecule has 0 bridgehead atoms. The number of benzene rings is 9. The first-order valence-corrected chi connectivity index (χ1v) is 22.5. The number of nitrogens with zero attached hydrogens (tertiary/aromatic N) is 1. The van der Waals surface area contributed by atoms with Gasteiger partial charge in [-0.15, -0.1) is 0 Å². The maximum absolute atomic E-state index is 2.56. The molecule has 9 aromatic rings. The predicted octanol–water partition coefficient (Wildman–Crippen LogP) is 17.2. The molecule has 0 spiro atoms. The van der Waals surface area contributed by atoms with Crippen LogP contribution in [0.1, 0.15) is 76.3 Å². The molecular weight excluding hydrogens is 759 g/mol. The Hall–Kier alpha value is -6.96. The second-order valence-corrected chi connectivity index (χ2v) is 19.7. The molecule has 9 aromatic carbocycles. The molecule has 1 heteroatoms. The van der Waals surface area contributed by atoms with Gasteiger partial charge in [0.2, 0.25) is 0 Å². The topological polar surface area (TPSA) is 3.24 Å². The molecule has 0 aromatic heterocycles. The minimum atomic E-state index is -0.105. The van der Waals surface area contributed by atoms with E-state index in [0.717, 1.165) is 17.1 Å². The quantitative estimate of drug-likeness (QED) is 0.162. The fraction of sp³-hybridized carbons (Fsp3) is 0.161. The number of anilines is 3. The van der Waals surface area contributed by atoms with Crippen LogP contribution in [0.5, 0.6) is 0 Å². The number of fused-ring (bicyclic) bond motifs is 7. The van der Waals surface area contributed by atoms with E-state index in [1.807, 2.05) is 0 Å². The summed E-state index contributed by atoms with van der Waals surface area (Å²) in [5, 5.41) is 2.44. The molecule has 0 aliphatic heterocycles. The highest BCUT2D eigenvalue weighted by Gasteiger charge is 2.38. The van der Waals surface area contributed by atoms with Gasteiger partial charge >= 0.3 is 0 Å². The minimum Gasteiger partial charge on any atom is -0.309 e. The van der Waals surface area contributed by atoms with E-state index in [4.69, 9.17) is 0 Å². The Balaban J connectivity index is 1.24. The molecule has 0 saturated heterocycles. The van der Waals surface area contributed by atoms with Crippen LogP contribution in [-0.2, 0) is 16.2 Å². The van der Waals surface area contributed by atoms with Gasteiger partial charge in [0.05, 0.1) is 11.4 Å². The van der Waals surface area contributed by atoms with E-state index in [2.05, 4.69) is 247 Å². The third-order valence-electron chi connectivity index (χ3n) is 14.3. The fourth-order valence-electron chi connectivity index (χ4n) is 10.9. The molecule has 0 unspecified atom stereocenters. The van der Waals surface area contributed by atoms with Crippen LogP contribution >= 0.6 is 0 Å². The molecule has 1 nitrogen and oxygen atoms in total. The van der Waals surface area contributed by atoms with Gasteiger partial charge in [-0.05, 0) is 119 Å². The van der Waals surface area contributed by atoms with Crippen molar-refractivity contribution in [1.82, 2.24) is 0 Å². The molecule has 0 atom stereocenters. The normalized spacial score (nSPS) is 14.2. The van der Waals surface area contributed by atoms with E-state index in [9.17, 15) is 0 Å². The second kappa shape index (κ2) is 14.3. The lowest BCUT2D eigenvalue weighted by Gasteiger charge is -2.33. The zero-order valence-corrected chi connectivity index (χ0v) is 37.4. The monoisotopic (exact) mass is 811 g/mol. The van der Waals surface area contributed by atoms with Gasteiger partial charge in [-0.1, -0.05) is 212 Å². The predicted molar refractivity (Wildman–Crippen MR) is 269 cm³/mol. The Labute approximate surface area is 373 Å². The average Bonchev–Trinajstić information content (AvgIpc) is 3.68. The highest BCUT2D eigenvalue weighted by Crippen LogP contribution is 2.56. The lowest BCUT2D eigenvalue weighted by Crippen LogP contribution is -2.17. The van der Waals surface area contributed by atoms with Crippen molar-refractivity contribution in [3.63, 3.8) is 0 Å². The highest BCUT2D eigenvalue weighted by atomic mass is 15.1. The van der Waals surface area contributed by atoms with Gasteiger partial charge in [0.15, 0.2) is 0 Å². The highest BCUT2D eigenvalue weighted by molar-refractivity contribution is 6.10. The van der Waals surface area contributed by atoms with Gasteiger partial charge in [-0.25, -0.2) is 0 Å². The third-order valence-corrected chi connectivity index (χ3v) is 14.3. The summed E-state index contributed by atoms with van der Waals surface area (Å²) >= 11 is 0. The van der Waals surface area contributed by atoms with E-state index in [-0.39, 0.29) is 16.2 Å². The first kappa shape index (κ1) is 38.9. The standard InChI is InChI=1S/C62H53N/c1-60(2,3)42-33-37-56(50(38-42)40-20-9-8-10-21-40)63(43-34-35-54-51(39-43)46-25-15-17-29-52(46)61(54,4)5)57-36-32-41-22-11-12-23-44(41)59(57)48-26-14-13-24-45(48)47-28-19-31-55-58(47)49-27-16-18-30-53(49)62(55,6)7/h8-39H,1-7H3. The van der Waals surface area contributed by atoms with Gasteiger partial charge in [-0.3, -0.25) is 0 Å². The third kappa shape index (κ3) is 6.05. The average molecular weight is 812 g/mol. The summed E-state index contributed by atoms with van der Waals surface area (Å²) in [5.41, 5.74) is 22.6. The number of hydrogen-bond acceptors (Lipinski definition) is 1. The number of rotatable bonds is 6. The summed E-state index contributed by atoms with van der Waals surface area (Å²) in [4.78, 5) is 2.56. The van der Waals surface area contributed by atoms with E-state index >= 15 is 0 Å². The summed E-state index contributed by atoms with van der Waals surface area (Å²) in [6.07, 6.45) is 0. The van der Waals surface area contributed by atoms with Crippen molar-refractivity contribution in [1.29, 1.82) is 0 Å². The molecule has 0 amide bonds. The molecule has 0 heterocycles. The van der Waals surface area contributed by atoms with E-state index in [1.54, 1.807) is 0 Å². The van der Waals surface area contributed by atoms with Gasteiger partial charge in [-0.2, -0.15) is 0 Å². The number of hydrogen-bond donors (Lipinski definition) is 0. The molecule has 0 radical (unpaired) electrons. The van der Waals surface area contributed by atoms with Crippen molar-refractivity contribution < 1.29 is 0 Å². The van der Waals surface area contributed by atoms with Crippen LogP contribution in [0, 0.1) is 0 Å².